The quantitative estimate of drug-likeness (QED) is 0.391. The third kappa shape index (κ3) is 5.95. The number of rotatable bonds is 8. The minimum absolute atomic E-state index is 0.664. The van der Waals surface area contributed by atoms with Gasteiger partial charge in [0.1, 0.15) is 18.6 Å². The summed E-state index contributed by atoms with van der Waals surface area (Å²) in [7, 11) is 1.64. The summed E-state index contributed by atoms with van der Waals surface area (Å²) in [4.78, 5) is 5.13. The Morgan fingerprint density at radius 3 is 2.88 bits per heavy atom. The smallest absolute Gasteiger partial charge is 0.139 e. The number of hydrogen-bond donors (Lipinski definition) is 0. The zero-order valence-electron chi connectivity index (χ0n) is 10.6. The van der Waals surface area contributed by atoms with Crippen LogP contribution in [0.4, 0.5) is 0 Å². The third-order valence-electron chi connectivity index (χ3n) is 2.40. The molecule has 0 atom stereocenters. The molecule has 0 amide bonds. The highest BCUT2D eigenvalue weighted by Gasteiger charge is 1.93. The molecule has 0 saturated heterocycles. The summed E-state index contributed by atoms with van der Waals surface area (Å²) in [6.45, 7) is 2.85. The van der Waals surface area contributed by atoms with E-state index in [2.05, 4.69) is 18.3 Å². The van der Waals surface area contributed by atoms with E-state index in [-0.39, 0.29) is 0 Å². The fourth-order valence-electron chi connectivity index (χ4n) is 1.42. The number of hydrogen-bond acceptors (Lipinski definition) is 3. The lowest BCUT2D eigenvalue weighted by Crippen LogP contribution is -1.90. The van der Waals surface area contributed by atoms with Crippen LogP contribution in [0, 0.1) is 0 Å². The van der Waals surface area contributed by atoms with Crippen molar-refractivity contribution in [1.29, 1.82) is 0 Å². The van der Waals surface area contributed by atoms with Crippen LogP contribution in [0.3, 0.4) is 0 Å². The standard InChI is InChI=1S/C14H20NO2/c1-3-4-5-6-10-17-15-12-13-8-7-9-14(11-13)16-2/h7-9,11H,3-6,10H2,1-2H3. The number of methoxy groups -OCH3 is 1. The maximum Gasteiger partial charge on any atom is 0.139 e. The molecule has 1 rings (SSSR count). The van der Waals surface area contributed by atoms with Crippen molar-refractivity contribution in [2.24, 2.45) is 5.16 Å². The van der Waals surface area contributed by atoms with Gasteiger partial charge in [-0.1, -0.05) is 37.1 Å². The highest BCUT2D eigenvalue weighted by molar-refractivity contribution is 5.79. The van der Waals surface area contributed by atoms with Gasteiger partial charge in [0.25, 0.3) is 0 Å². The van der Waals surface area contributed by atoms with Gasteiger partial charge >= 0.3 is 0 Å². The molecule has 0 saturated carbocycles. The van der Waals surface area contributed by atoms with Crippen molar-refractivity contribution in [2.45, 2.75) is 32.6 Å². The van der Waals surface area contributed by atoms with Crippen LogP contribution >= 0.6 is 0 Å². The summed E-state index contributed by atoms with van der Waals surface area (Å²) in [5.41, 5.74) is 0.859. The SMILES string of the molecule is CCCCCCO/N=[C]/c1cccc(OC)c1. The van der Waals surface area contributed by atoms with Crippen LogP contribution < -0.4 is 4.74 Å². The van der Waals surface area contributed by atoms with E-state index in [1.807, 2.05) is 24.3 Å². The zero-order chi connectivity index (χ0) is 12.3. The summed E-state index contributed by atoms with van der Waals surface area (Å²) in [6, 6.07) is 7.56. The average molecular weight is 234 g/mol. The molecule has 0 spiro atoms. The Bertz CT molecular complexity index is 337. The Hall–Kier alpha value is -1.51. The molecule has 0 aliphatic heterocycles. The molecule has 0 fully saturated rings. The molecule has 0 N–H and O–H groups in total. The summed E-state index contributed by atoms with van der Waals surface area (Å²) in [5.74, 6) is 0.799. The first kappa shape index (κ1) is 13.6. The van der Waals surface area contributed by atoms with Gasteiger partial charge in [0.2, 0.25) is 0 Å². The van der Waals surface area contributed by atoms with E-state index in [1.54, 1.807) is 7.11 Å². The summed E-state index contributed by atoms with van der Waals surface area (Å²) >= 11 is 0. The van der Waals surface area contributed by atoms with Crippen molar-refractivity contribution in [2.75, 3.05) is 13.7 Å². The molecule has 0 heterocycles. The third-order valence-corrected chi connectivity index (χ3v) is 2.40. The predicted molar refractivity (Wildman–Crippen MR) is 69.6 cm³/mol. The molecule has 1 radical (unpaired) electrons. The molecule has 3 nitrogen and oxygen atoms in total. The summed E-state index contributed by atoms with van der Waals surface area (Å²) in [5, 5.41) is 3.81. The van der Waals surface area contributed by atoms with E-state index in [9.17, 15) is 0 Å². The highest BCUT2D eigenvalue weighted by atomic mass is 16.6. The maximum atomic E-state index is 5.13. The van der Waals surface area contributed by atoms with Crippen LogP contribution in [0.1, 0.15) is 38.2 Å². The van der Waals surface area contributed by atoms with Gasteiger partial charge in [0.05, 0.1) is 7.11 Å². The van der Waals surface area contributed by atoms with Gasteiger partial charge in [-0.2, -0.15) is 0 Å². The lowest BCUT2D eigenvalue weighted by molar-refractivity contribution is 0.141. The van der Waals surface area contributed by atoms with Gasteiger partial charge in [-0.05, 0) is 25.0 Å². The van der Waals surface area contributed by atoms with Gasteiger partial charge in [-0.25, -0.2) is 0 Å². The topological polar surface area (TPSA) is 30.8 Å². The van der Waals surface area contributed by atoms with Crippen molar-refractivity contribution in [1.82, 2.24) is 0 Å². The van der Waals surface area contributed by atoms with Crippen molar-refractivity contribution in [3.8, 4) is 5.75 Å². The number of ether oxygens (including phenoxy) is 1. The second-order valence-corrected chi connectivity index (χ2v) is 3.83. The van der Waals surface area contributed by atoms with Crippen LogP contribution in [0.5, 0.6) is 5.75 Å². The average Bonchev–Trinajstić information content (AvgIpc) is 2.38. The van der Waals surface area contributed by atoms with Crippen molar-refractivity contribution in [3.63, 3.8) is 0 Å². The molecule has 0 unspecified atom stereocenters. The van der Waals surface area contributed by atoms with Gasteiger partial charge in [0.15, 0.2) is 0 Å². The molecule has 0 bridgehead atoms. The number of benzene rings is 1. The van der Waals surface area contributed by atoms with E-state index in [1.165, 1.54) is 19.3 Å². The summed E-state index contributed by atoms with van der Waals surface area (Å²) < 4.78 is 5.10. The largest absolute Gasteiger partial charge is 0.497 e. The van der Waals surface area contributed by atoms with Crippen LogP contribution in [-0.4, -0.2) is 19.9 Å². The van der Waals surface area contributed by atoms with Gasteiger partial charge in [0, 0.05) is 5.56 Å². The van der Waals surface area contributed by atoms with Gasteiger partial charge in [-0.15, -0.1) is 0 Å². The normalized spacial score (nSPS) is 10.7. The molecular weight excluding hydrogens is 214 g/mol. The molecule has 93 valence electrons. The first-order valence-corrected chi connectivity index (χ1v) is 6.09. The maximum absolute atomic E-state index is 5.13. The van der Waals surface area contributed by atoms with Crippen LogP contribution in [0.2, 0.25) is 0 Å². The Labute approximate surface area is 103 Å². The highest BCUT2D eigenvalue weighted by Crippen LogP contribution is 2.10. The van der Waals surface area contributed by atoms with Crippen molar-refractivity contribution in [3.05, 3.63) is 29.8 Å². The zero-order valence-corrected chi connectivity index (χ0v) is 10.6. The van der Waals surface area contributed by atoms with E-state index in [4.69, 9.17) is 9.57 Å². The minimum atomic E-state index is 0.664. The molecular formula is C14H20NO2. The van der Waals surface area contributed by atoms with E-state index in [0.29, 0.717) is 6.61 Å². The first-order valence-electron chi connectivity index (χ1n) is 6.09. The predicted octanol–water partition coefficient (Wildman–Crippen LogP) is 3.50. The minimum Gasteiger partial charge on any atom is -0.497 e. The van der Waals surface area contributed by atoms with E-state index >= 15 is 0 Å². The molecule has 0 aromatic heterocycles. The Morgan fingerprint density at radius 1 is 1.24 bits per heavy atom. The lowest BCUT2D eigenvalue weighted by Gasteiger charge is -2.00. The van der Waals surface area contributed by atoms with Crippen molar-refractivity contribution < 1.29 is 9.57 Å². The molecule has 17 heavy (non-hydrogen) atoms. The fourth-order valence-corrected chi connectivity index (χ4v) is 1.42. The van der Waals surface area contributed by atoms with Gasteiger partial charge in [-0.3, -0.25) is 0 Å². The second-order valence-electron chi connectivity index (χ2n) is 3.83. The molecule has 3 heteroatoms. The lowest BCUT2D eigenvalue weighted by atomic mass is 10.2. The molecule has 1 aromatic rings. The molecule has 0 aliphatic rings. The van der Waals surface area contributed by atoms with Gasteiger partial charge < -0.3 is 9.57 Å². The number of unbranched alkanes of at least 4 members (excludes halogenated alkanes) is 3. The summed E-state index contributed by atoms with van der Waals surface area (Å²) in [6.07, 6.45) is 7.58. The second kappa shape index (κ2) is 8.62. The monoisotopic (exact) mass is 234 g/mol. The van der Waals surface area contributed by atoms with Crippen LogP contribution in [0.25, 0.3) is 0 Å². The Balaban J connectivity index is 2.23. The van der Waals surface area contributed by atoms with Crippen molar-refractivity contribution >= 4 is 6.21 Å². The van der Waals surface area contributed by atoms with E-state index < -0.39 is 0 Å². The van der Waals surface area contributed by atoms with Crippen LogP contribution in [0.15, 0.2) is 29.4 Å². The Kier molecular flexibility index (Phi) is 6.87. The Morgan fingerprint density at radius 2 is 2.12 bits per heavy atom. The first-order chi connectivity index (χ1) is 8.36. The molecule has 1 aromatic carbocycles. The fraction of sp³-hybridized carbons (Fsp3) is 0.500. The molecule has 0 aliphatic carbocycles. The van der Waals surface area contributed by atoms with E-state index in [0.717, 1.165) is 17.7 Å². The number of nitrogens with zero attached hydrogens (tertiary/aromatic N) is 1. The van der Waals surface area contributed by atoms with Crippen LogP contribution in [-0.2, 0) is 4.84 Å².